The minimum atomic E-state index is -0.375. The van der Waals surface area contributed by atoms with Crippen LogP contribution >= 0.6 is 0 Å². The number of hydrogen-bond acceptors (Lipinski definition) is 4. The van der Waals surface area contributed by atoms with Crippen LogP contribution in [0.4, 0.5) is 0 Å². The quantitative estimate of drug-likeness (QED) is 0.372. The Morgan fingerprint density at radius 1 is 0.722 bits per heavy atom. The van der Waals surface area contributed by atoms with Crippen molar-refractivity contribution in [3.63, 3.8) is 0 Å². The molecule has 0 aliphatic rings. The van der Waals surface area contributed by atoms with Gasteiger partial charge in [-0.2, -0.15) is 0 Å². The predicted octanol–water partition coefficient (Wildman–Crippen LogP) is 2.68. The van der Waals surface area contributed by atoms with Gasteiger partial charge in [0.05, 0.1) is 0 Å². The van der Waals surface area contributed by atoms with E-state index in [-0.39, 0.29) is 23.0 Å². The van der Waals surface area contributed by atoms with E-state index in [1.54, 1.807) is 36.4 Å². The fourth-order valence-corrected chi connectivity index (χ4v) is 1.52. The van der Waals surface area contributed by atoms with E-state index < -0.39 is 0 Å². The molecule has 4 heteroatoms. The van der Waals surface area contributed by atoms with Crippen molar-refractivity contribution in [3.05, 3.63) is 47.5 Å². The van der Waals surface area contributed by atoms with Crippen LogP contribution in [0.5, 0.6) is 23.0 Å². The number of rotatable bonds is 2. The Balaban J connectivity index is 2.31. The van der Waals surface area contributed by atoms with Crippen LogP contribution in [0, 0.1) is 0 Å². The summed E-state index contributed by atoms with van der Waals surface area (Å²) >= 11 is 0. The highest BCUT2D eigenvalue weighted by atomic mass is 16.3. The van der Waals surface area contributed by atoms with E-state index >= 15 is 0 Å². The zero-order valence-electron chi connectivity index (χ0n) is 9.41. The summed E-state index contributed by atoms with van der Waals surface area (Å²) in [5, 5.41) is 37.4. The van der Waals surface area contributed by atoms with Crippen molar-refractivity contribution in [1.82, 2.24) is 0 Å². The van der Waals surface area contributed by atoms with E-state index in [1.807, 2.05) is 0 Å². The minimum absolute atomic E-state index is 0.129. The van der Waals surface area contributed by atoms with Crippen LogP contribution in [0.3, 0.4) is 0 Å². The van der Waals surface area contributed by atoms with Gasteiger partial charge in [0.2, 0.25) is 0 Å². The molecule has 0 aromatic heterocycles. The van der Waals surface area contributed by atoms with Gasteiger partial charge in [-0.15, -0.1) is 0 Å². The van der Waals surface area contributed by atoms with Crippen molar-refractivity contribution >= 4 is 12.2 Å². The summed E-state index contributed by atoms with van der Waals surface area (Å²) in [6, 6.07) is 8.88. The van der Waals surface area contributed by atoms with Gasteiger partial charge in [-0.3, -0.25) is 0 Å². The average molecular weight is 244 g/mol. The molecule has 0 atom stereocenters. The molecule has 92 valence electrons. The molecule has 2 rings (SSSR count). The van der Waals surface area contributed by atoms with Crippen molar-refractivity contribution in [2.24, 2.45) is 0 Å². The van der Waals surface area contributed by atoms with E-state index in [2.05, 4.69) is 0 Å². The van der Waals surface area contributed by atoms with Gasteiger partial charge in [0.1, 0.15) is 11.5 Å². The lowest BCUT2D eigenvalue weighted by atomic mass is 10.1. The van der Waals surface area contributed by atoms with Gasteiger partial charge in [-0.05, 0) is 23.8 Å². The normalized spacial score (nSPS) is 10.9. The lowest BCUT2D eigenvalue weighted by molar-refractivity contribution is 0.395. The third-order valence-corrected chi connectivity index (χ3v) is 2.45. The van der Waals surface area contributed by atoms with Crippen molar-refractivity contribution < 1.29 is 20.4 Å². The molecule has 18 heavy (non-hydrogen) atoms. The molecular weight excluding hydrogens is 232 g/mol. The zero-order valence-corrected chi connectivity index (χ0v) is 9.41. The molecule has 0 heterocycles. The summed E-state index contributed by atoms with van der Waals surface area (Å²) in [6.07, 6.45) is 3.24. The SMILES string of the molecule is Oc1ccc(/C=C/c2cc(O)cc(O)c2O)cc1. The first-order valence-electron chi connectivity index (χ1n) is 5.28. The number of hydrogen-bond donors (Lipinski definition) is 4. The second-order valence-corrected chi connectivity index (χ2v) is 3.83. The van der Waals surface area contributed by atoms with Gasteiger partial charge in [0, 0.05) is 11.6 Å². The maximum absolute atomic E-state index is 9.59. The second-order valence-electron chi connectivity index (χ2n) is 3.83. The molecule has 0 fully saturated rings. The molecule has 0 radical (unpaired) electrons. The van der Waals surface area contributed by atoms with Gasteiger partial charge in [0.15, 0.2) is 11.5 Å². The van der Waals surface area contributed by atoms with Crippen LogP contribution in [0.25, 0.3) is 12.2 Å². The van der Waals surface area contributed by atoms with Gasteiger partial charge in [-0.1, -0.05) is 24.3 Å². The van der Waals surface area contributed by atoms with Crippen molar-refractivity contribution in [2.45, 2.75) is 0 Å². The van der Waals surface area contributed by atoms with Crippen LogP contribution in [-0.2, 0) is 0 Å². The molecular formula is C14H12O4. The molecule has 0 unspecified atom stereocenters. The number of benzene rings is 2. The number of aromatic hydroxyl groups is 4. The van der Waals surface area contributed by atoms with Crippen LogP contribution in [0.1, 0.15) is 11.1 Å². The molecule has 0 aliphatic carbocycles. The van der Waals surface area contributed by atoms with Gasteiger partial charge in [0.25, 0.3) is 0 Å². The zero-order chi connectivity index (χ0) is 13.1. The maximum Gasteiger partial charge on any atom is 0.165 e. The standard InChI is InChI=1S/C14H12O4/c15-11-5-2-9(3-6-11)1-4-10-7-12(16)8-13(17)14(10)18/h1-8,15-18H/b4-1+. The Bertz CT molecular complexity index is 585. The van der Waals surface area contributed by atoms with Crippen LogP contribution in [0.2, 0.25) is 0 Å². The summed E-state index contributed by atoms with van der Waals surface area (Å²) in [4.78, 5) is 0. The van der Waals surface area contributed by atoms with Gasteiger partial charge < -0.3 is 20.4 Å². The topological polar surface area (TPSA) is 80.9 Å². The summed E-state index contributed by atoms with van der Waals surface area (Å²) < 4.78 is 0. The maximum atomic E-state index is 9.59. The first-order valence-corrected chi connectivity index (χ1v) is 5.28. The first kappa shape index (κ1) is 11.9. The lowest BCUT2D eigenvalue weighted by Crippen LogP contribution is -1.77. The molecule has 2 aromatic rings. The molecule has 0 amide bonds. The fourth-order valence-electron chi connectivity index (χ4n) is 1.52. The van der Waals surface area contributed by atoms with Gasteiger partial charge in [-0.25, -0.2) is 0 Å². The number of phenolic OH excluding ortho intramolecular Hbond substituents is 4. The summed E-state index contributed by atoms with van der Waals surface area (Å²) in [5.74, 6) is -0.621. The third-order valence-electron chi connectivity index (χ3n) is 2.45. The molecule has 4 nitrogen and oxygen atoms in total. The highest BCUT2D eigenvalue weighted by Crippen LogP contribution is 2.34. The largest absolute Gasteiger partial charge is 0.508 e. The van der Waals surface area contributed by atoms with Crippen LogP contribution in [-0.4, -0.2) is 20.4 Å². The Labute approximate surface area is 104 Å². The Morgan fingerprint density at radius 3 is 2.06 bits per heavy atom. The molecule has 0 saturated heterocycles. The molecule has 2 aromatic carbocycles. The summed E-state index contributed by atoms with van der Waals surface area (Å²) in [6.45, 7) is 0. The highest BCUT2D eigenvalue weighted by molar-refractivity contribution is 5.75. The van der Waals surface area contributed by atoms with E-state index in [0.717, 1.165) is 11.6 Å². The fraction of sp³-hybridized carbons (Fsp3) is 0. The van der Waals surface area contributed by atoms with E-state index in [9.17, 15) is 15.3 Å². The Kier molecular flexibility index (Phi) is 3.10. The number of phenols is 4. The Morgan fingerprint density at radius 2 is 1.39 bits per heavy atom. The van der Waals surface area contributed by atoms with Crippen molar-refractivity contribution in [2.75, 3.05) is 0 Å². The average Bonchev–Trinajstić information content (AvgIpc) is 2.34. The van der Waals surface area contributed by atoms with E-state index in [1.165, 1.54) is 6.07 Å². The first-order chi connectivity index (χ1) is 8.56. The van der Waals surface area contributed by atoms with Crippen LogP contribution < -0.4 is 0 Å². The van der Waals surface area contributed by atoms with Crippen LogP contribution in [0.15, 0.2) is 36.4 Å². The molecule has 0 saturated carbocycles. The second kappa shape index (κ2) is 4.71. The molecule has 4 N–H and O–H groups in total. The third kappa shape index (κ3) is 2.55. The van der Waals surface area contributed by atoms with Gasteiger partial charge >= 0.3 is 0 Å². The van der Waals surface area contributed by atoms with E-state index in [0.29, 0.717) is 5.56 Å². The summed E-state index contributed by atoms with van der Waals surface area (Å²) in [5.41, 5.74) is 1.12. The molecule has 0 bridgehead atoms. The summed E-state index contributed by atoms with van der Waals surface area (Å²) in [7, 11) is 0. The van der Waals surface area contributed by atoms with Crippen molar-refractivity contribution in [1.29, 1.82) is 0 Å². The monoisotopic (exact) mass is 244 g/mol. The molecule has 0 aliphatic heterocycles. The lowest BCUT2D eigenvalue weighted by Gasteiger charge is -2.03. The molecule has 0 spiro atoms. The van der Waals surface area contributed by atoms with E-state index in [4.69, 9.17) is 5.11 Å². The smallest absolute Gasteiger partial charge is 0.165 e. The van der Waals surface area contributed by atoms with Crippen molar-refractivity contribution in [3.8, 4) is 23.0 Å². The Hall–Kier alpha value is -2.62. The minimum Gasteiger partial charge on any atom is -0.508 e. The highest BCUT2D eigenvalue weighted by Gasteiger charge is 2.06. The predicted molar refractivity (Wildman–Crippen MR) is 68.5 cm³/mol.